The minimum absolute atomic E-state index is 0.589. The summed E-state index contributed by atoms with van der Waals surface area (Å²) in [7, 11) is 0. The Morgan fingerprint density at radius 3 is 2.57 bits per heavy atom. The molecular formula is C17H17N3O. The zero-order valence-electron chi connectivity index (χ0n) is 12.1. The van der Waals surface area contributed by atoms with Crippen molar-refractivity contribution >= 4 is 5.82 Å². The number of rotatable bonds is 4. The van der Waals surface area contributed by atoms with Crippen LogP contribution >= 0.6 is 0 Å². The number of pyridine rings is 1. The number of nitrogens with one attached hydrogen (secondary N) is 1. The van der Waals surface area contributed by atoms with Crippen molar-refractivity contribution in [3.8, 4) is 11.5 Å². The fraction of sp³-hybridized carbons (Fsp3) is 0.176. The van der Waals surface area contributed by atoms with Crippen LogP contribution in [0.4, 0.5) is 5.82 Å². The highest BCUT2D eigenvalue weighted by Crippen LogP contribution is 2.19. The number of aromatic nitrogens is 2. The Labute approximate surface area is 123 Å². The van der Waals surface area contributed by atoms with Crippen LogP contribution in [0.3, 0.4) is 0 Å². The lowest BCUT2D eigenvalue weighted by Crippen LogP contribution is -2.02. The van der Waals surface area contributed by atoms with Gasteiger partial charge in [-0.15, -0.1) is 0 Å². The van der Waals surface area contributed by atoms with Crippen molar-refractivity contribution < 1.29 is 4.42 Å². The Morgan fingerprint density at radius 1 is 1.00 bits per heavy atom. The van der Waals surface area contributed by atoms with E-state index >= 15 is 0 Å². The largest absolute Gasteiger partial charge is 0.444 e. The lowest BCUT2D eigenvalue weighted by Gasteiger charge is -2.03. The molecule has 0 amide bonds. The van der Waals surface area contributed by atoms with E-state index in [0.717, 1.165) is 22.8 Å². The molecule has 106 valence electrons. The highest BCUT2D eigenvalue weighted by atomic mass is 16.3. The number of aryl methyl sites for hydroxylation is 2. The quantitative estimate of drug-likeness (QED) is 0.785. The Kier molecular flexibility index (Phi) is 3.69. The van der Waals surface area contributed by atoms with Crippen molar-refractivity contribution in [2.75, 3.05) is 5.32 Å². The molecule has 3 aromatic rings. The number of oxazole rings is 1. The first-order chi connectivity index (χ1) is 10.2. The minimum atomic E-state index is 0.589. The molecule has 4 heteroatoms. The number of benzene rings is 1. The second-order valence-electron chi connectivity index (χ2n) is 5.03. The monoisotopic (exact) mass is 279 g/mol. The van der Waals surface area contributed by atoms with Gasteiger partial charge in [0.25, 0.3) is 0 Å². The third kappa shape index (κ3) is 3.28. The van der Waals surface area contributed by atoms with E-state index in [9.17, 15) is 0 Å². The molecule has 4 nitrogen and oxygen atoms in total. The van der Waals surface area contributed by atoms with E-state index in [1.165, 1.54) is 5.56 Å². The zero-order valence-corrected chi connectivity index (χ0v) is 12.1. The first-order valence-electron chi connectivity index (χ1n) is 6.90. The van der Waals surface area contributed by atoms with Gasteiger partial charge in [0.2, 0.25) is 5.89 Å². The summed E-state index contributed by atoms with van der Waals surface area (Å²) in [5, 5.41) is 3.24. The fourth-order valence-electron chi connectivity index (χ4n) is 2.04. The van der Waals surface area contributed by atoms with Gasteiger partial charge in [0.15, 0.2) is 0 Å². The van der Waals surface area contributed by atoms with Gasteiger partial charge in [-0.1, -0.05) is 23.8 Å². The van der Waals surface area contributed by atoms with Crippen LogP contribution < -0.4 is 5.32 Å². The van der Waals surface area contributed by atoms with E-state index in [4.69, 9.17) is 4.42 Å². The van der Waals surface area contributed by atoms with Gasteiger partial charge in [-0.25, -0.2) is 9.97 Å². The first-order valence-corrected chi connectivity index (χ1v) is 6.90. The van der Waals surface area contributed by atoms with Crippen LogP contribution in [0.1, 0.15) is 17.0 Å². The van der Waals surface area contributed by atoms with Gasteiger partial charge in [0.05, 0.1) is 12.2 Å². The molecule has 2 aromatic heterocycles. The Balaban J connectivity index is 1.69. The molecule has 3 rings (SSSR count). The SMILES string of the molecule is Cc1ccc(-c2nc(CNc3cccc(C)n3)co2)cc1. The molecule has 0 radical (unpaired) electrons. The average Bonchev–Trinajstić information content (AvgIpc) is 2.95. The molecule has 2 heterocycles. The number of nitrogens with zero attached hydrogens (tertiary/aromatic N) is 2. The van der Waals surface area contributed by atoms with Crippen molar-refractivity contribution in [1.82, 2.24) is 9.97 Å². The predicted molar refractivity (Wildman–Crippen MR) is 83.0 cm³/mol. The molecule has 0 saturated heterocycles. The predicted octanol–water partition coefficient (Wildman–Crippen LogP) is 3.97. The second kappa shape index (κ2) is 5.79. The van der Waals surface area contributed by atoms with E-state index in [1.54, 1.807) is 6.26 Å². The molecule has 0 unspecified atom stereocenters. The van der Waals surface area contributed by atoms with Crippen LogP contribution in [-0.2, 0) is 6.54 Å². The molecule has 0 aliphatic carbocycles. The van der Waals surface area contributed by atoms with E-state index in [2.05, 4.69) is 22.2 Å². The van der Waals surface area contributed by atoms with Gasteiger partial charge >= 0.3 is 0 Å². The summed E-state index contributed by atoms with van der Waals surface area (Å²) >= 11 is 0. The normalized spacial score (nSPS) is 10.6. The lowest BCUT2D eigenvalue weighted by atomic mass is 10.1. The average molecular weight is 279 g/mol. The first kappa shape index (κ1) is 13.4. The van der Waals surface area contributed by atoms with Gasteiger partial charge in [-0.05, 0) is 38.1 Å². The maximum absolute atomic E-state index is 5.53. The van der Waals surface area contributed by atoms with Gasteiger partial charge in [0, 0.05) is 11.3 Å². The van der Waals surface area contributed by atoms with E-state index in [-0.39, 0.29) is 0 Å². The van der Waals surface area contributed by atoms with E-state index in [0.29, 0.717) is 12.4 Å². The van der Waals surface area contributed by atoms with Crippen LogP contribution in [0.5, 0.6) is 0 Å². The zero-order chi connectivity index (χ0) is 14.7. The summed E-state index contributed by atoms with van der Waals surface area (Å²) in [5.74, 6) is 1.49. The van der Waals surface area contributed by atoms with Crippen LogP contribution in [-0.4, -0.2) is 9.97 Å². The standard InChI is InChI=1S/C17H17N3O/c1-12-6-8-14(9-7-12)17-20-15(11-21-17)10-18-16-5-3-4-13(2)19-16/h3-9,11H,10H2,1-2H3,(H,18,19). The maximum Gasteiger partial charge on any atom is 0.226 e. The van der Waals surface area contributed by atoms with Crippen molar-refractivity contribution in [3.63, 3.8) is 0 Å². The minimum Gasteiger partial charge on any atom is -0.444 e. The molecule has 0 aliphatic rings. The maximum atomic E-state index is 5.53. The third-order valence-electron chi connectivity index (χ3n) is 3.19. The van der Waals surface area contributed by atoms with Gasteiger partial charge in [0.1, 0.15) is 12.1 Å². The molecule has 0 saturated carbocycles. The smallest absolute Gasteiger partial charge is 0.226 e. The van der Waals surface area contributed by atoms with Gasteiger partial charge < -0.3 is 9.73 Å². The van der Waals surface area contributed by atoms with Crippen molar-refractivity contribution in [1.29, 1.82) is 0 Å². The summed E-state index contributed by atoms with van der Waals surface area (Å²) in [6, 6.07) is 14.0. The summed E-state index contributed by atoms with van der Waals surface area (Å²) in [6.45, 7) is 4.62. The van der Waals surface area contributed by atoms with Crippen molar-refractivity contribution in [3.05, 3.63) is 65.7 Å². The number of hydrogen-bond donors (Lipinski definition) is 1. The molecule has 0 aliphatic heterocycles. The van der Waals surface area contributed by atoms with Crippen molar-refractivity contribution in [2.24, 2.45) is 0 Å². The Morgan fingerprint density at radius 2 is 1.81 bits per heavy atom. The van der Waals surface area contributed by atoms with Gasteiger partial charge in [-0.3, -0.25) is 0 Å². The molecule has 0 bridgehead atoms. The van der Waals surface area contributed by atoms with E-state index in [1.807, 2.05) is 49.4 Å². The highest BCUT2D eigenvalue weighted by Gasteiger charge is 2.06. The molecule has 0 spiro atoms. The van der Waals surface area contributed by atoms with E-state index < -0.39 is 0 Å². The lowest BCUT2D eigenvalue weighted by molar-refractivity contribution is 0.573. The molecular weight excluding hydrogens is 262 g/mol. The molecule has 1 aromatic carbocycles. The summed E-state index contributed by atoms with van der Waals surface area (Å²) in [6.07, 6.45) is 1.68. The second-order valence-corrected chi connectivity index (χ2v) is 5.03. The van der Waals surface area contributed by atoms with Gasteiger partial charge in [-0.2, -0.15) is 0 Å². The highest BCUT2D eigenvalue weighted by molar-refractivity contribution is 5.53. The fourth-order valence-corrected chi connectivity index (χ4v) is 2.04. The molecule has 0 fully saturated rings. The third-order valence-corrected chi connectivity index (χ3v) is 3.19. The van der Waals surface area contributed by atoms with Crippen LogP contribution in [0.25, 0.3) is 11.5 Å². The number of anilines is 1. The van der Waals surface area contributed by atoms with Crippen LogP contribution in [0, 0.1) is 13.8 Å². The molecule has 1 N–H and O–H groups in total. The summed E-state index contributed by atoms with van der Waals surface area (Å²) < 4.78 is 5.53. The molecule has 0 atom stereocenters. The molecule has 21 heavy (non-hydrogen) atoms. The van der Waals surface area contributed by atoms with Crippen LogP contribution in [0.15, 0.2) is 53.1 Å². The Bertz CT molecular complexity index is 732. The van der Waals surface area contributed by atoms with Crippen molar-refractivity contribution in [2.45, 2.75) is 20.4 Å². The van der Waals surface area contributed by atoms with Crippen LogP contribution in [0.2, 0.25) is 0 Å². The summed E-state index contributed by atoms with van der Waals surface area (Å²) in [5.41, 5.74) is 4.05. The number of hydrogen-bond acceptors (Lipinski definition) is 4. The Hall–Kier alpha value is -2.62. The summed E-state index contributed by atoms with van der Waals surface area (Å²) in [4.78, 5) is 8.88. The topological polar surface area (TPSA) is 51.0 Å².